The lowest BCUT2D eigenvalue weighted by Crippen LogP contribution is -2.24. The van der Waals surface area contributed by atoms with Gasteiger partial charge in [0.15, 0.2) is 10.8 Å². The summed E-state index contributed by atoms with van der Waals surface area (Å²) in [4.78, 5) is 15.3. The van der Waals surface area contributed by atoms with Crippen LogP contribution in [0, 0.1) is 6.92 Å². The smallest absolute Gasteiger partial charge is 0.355 e. The van der Waals surface area contributed by atoms with E-state index in [0.717, 1.165) is 6.26 Å². The number of carboxylic acid groups (broad SMARTS) is 1. The van der Waals surface area contributed by atoms with Gasteiger partial charge in [-0.25, -0.2) is 22.9 Å². The van der Waals surface area contributed by atoms with E-state index in [9.17, 15) is 13.2 Å². The number of rotatable bonds is 7. The topological polar surface area (TPSA) is 108 Å². The van der Waals surface area contributed by atoms with Crippen molar-refractivity contribution in [2.45, 2.75) is 13.3 Å². The molecule has 0 saturated carbocycles. The first-order valence-corrected chi connectivity index (χ1v) is 7.89. The Labute approximate surface area is 109 Å². The van der Waals surface area contributed by atoms with Gasteiger partial charge in [0.1, 0.15) is 0 Å². The lowest BCUT2D eigenvalue weighted by molar-refractivity contribution is 0.0690. The number of thiazole rings is 1. The summed E-state index contributed by atoms with van der Waals surface area (Å²) in [5, 5.41) is 12.3. The highest BCUT2D eigenvalue weighted by molar-refractivity contribution is 7.88. The quantitative estimate of drug-likeness (QED) is 0.632. The van der Waals surface area contributed by atoms with Crippen LogP contribution in [-0.2, 0) is 10.0 Å². The second kappa shape index (κ2) is 6.12. The molecule has 0 spiro atoms. The molecule has 0 aliphatic rings. The highest BCUT2D eigenvalue weighted by Crippen LogP contribution is 2.21. The van der Waals surface area contributed by atoms with Gasteiger partial charge in [0, 0.05) is 18.0 Å². The molecule has 0 aliphatic carbocycles. The molecule has 0 aromatic carbocycles. The Balaban J connectivity index is 2.36. The van der Waals surface area contributed by atoms with Gasteiger partial charge in [0.05, 0.1) is 6.26 Å². The van der Waals surface area contributed by atoms with E-state index in [1.807, 2.05) is 0 Å². The van der Waals surface area contributed by atoms with Crippen molar-refractivity contribution in [1.82, 2.24) is 9.71 Å². The second-order valence-electron chi connectivity index (χ2n) is 3.68. The number of hydrogen-bond acceptors (Lipinski definition) is 6. The maximum absolute atomic E-state index is 10.8. The lowest BCUT2D eigenvalue weighted by Gasteiger charge is -2.03. The monoisotopic (exact) mass is 293 g/mol. The number of carboxylic acids is 1. The fraction of sp³-hybridized carbons (Fsp3) is 0.556. The van der Waals surface area contributed by atoms with Gasteiger partial charge < -0.3 is 10.4 Å². The molecule has 0 radical (unpaired) electrons. The van der Waals surface area contributed by atoms with Gasteiger partial charge in [-0.15, -0.1) is 11.3 Å². The van der Waals surface area contributed by atoms with Gasteiger partial charge in [-0.1, -0.05) is 0 Å². The molecule has 0 bridgehead atoms. The van der Waals surface area contributed by atoms with E-state index in [4.69, 9.17) is 5.11 Å². The van der Waals surface area contributed by atoms with Crippen molar-refractivity contribution in [2.24, 2.45) is 0 Å². The molecule has 0 amide bonds. The van der Waals surface area contributed by atoms with Crippen LogP contribution >= 0.6 is 11.3 Å². The molecule has 3 N–H and O–H groups in total. The SMILES string of the molecule is Cc1sc(NCCCNS(C)(=O)=O)nc1C(=O)O. The fourth-order valence-corrected chi connectivity index (χ4v) is 2.56. The van der Waals surface area contributed by atoms with Crippen LogP contribution in [-0.4, -0.2) is 43.8 Å². The average molecular weight is 293 g/mol. The second-order valence-corrected chi connectivity index (χ2v) is 6.71. The van der Waals surface area contributed by atoms with Crippen LogP contribution in [0.1, 0.15) is 21.8 Å². The van der Waals surface area contributed by atoms with E-state index < -0.39 is 16.0 Å². The Morgan fingerprint density at radius 2 is 2.11 bits per heavy atom. The number of nitrogens with zero attached hydrogens (tertiary/aromatic N) is 1. The van der Waals surface area contributed by atoms with Gasteiger partial charge in [-0.3, -0.25) is 0 Å². The number of hydrogen-bond donors (Lipinski definition) is 3. The first-order chi connectivity index (χ1) is 8.29. The maximum Gasteiger partial charge on any atom is 0.355 e. The zero-order valence-corrected chi connectivity index (χ0v) is 11.7. The van der Waals surface area contributed by atoms with Gasteiger partial charge in [-0.05, 0) is 13.3 Å². The molecular weight excluding hydrogens is 278 g/mol. The zero-order valence-electron chi connectivity index (χ0n) is 10.1. The molecule has 0 fully saturated rings. The van der Waals surface area contributed by atoms with E-state index in [-0.39, 0.29) is 5.69 Å². The molecule has 7 nitrogen and oxygen atoms in total. The van der Waals surface area contributed by atoms with Crippen molar-refractivity contribution in [3.63, 3.8) is 0 Å². The minimum Gasteiger partial charge on any atom is -0.476 e. The third kappa shape index (κ3) is 4.98. The molecular formula is C9H15N3O4S2. The average Bonchev–Trinajstić information content (AvgIpc) is 2.57. The standard InChI is InChI=1S/C9H15N3O4S2/c1-6-7(8(13)14)12-9(17-6)10-4-3-5-11-18(2,15)16/h11H,3-5H2,1-2H3,(H,10,12)(H,13,14). The summed E-state index contributed by atoms with van der Waals surface area (Å²) >= 11 is 1.26. The van der Waals surface area contributed by atoms with Gasteiger partial charge >= 0.3 is 5.97 Å². The molecule has 18 heavy (non-hydrogen) atoms. The Morgan fingerprint density at radius 1 is 1.44 bits per heavy atom. The summed E-state index contributed by atoms with van der Waals surface area (Å²) < 4.78 is 23.9. The third-order valence-electron chi connectivity index (χ3n) is 1.99. The Kier molecular flexibility index (Phi) is 5.05. The molecule has 0 atom stereocenters. The molecule has 1 aromatic heterocycles. The first-order valence-electron chi connectivity index (χ1n) is 5.19. The number of aromatic nitrogens is 1. The maximum atomic E-state index is 10.8. The van der Waals surface area contributed by atoms with Crippen molar-refractivity contribution in [1.29, 1.82) is 0 Å². The Morgan fingerprint density at radius 3 is 2.61 bits per heavy atom. The number of sulfonamides is 1. The van der Waals surface area contributed by atoms with Gasteiger partial charge in [0.25, 0.3) is 0 Å². The summed E-state index contributed by atoms with van der Waals surface area (Å²) in [6.45, 7) is 2.55. The summed E-state index contributed by atoms with van der Waals surface area (Å²) in [7, 11) is -3.15. The van der Waals surface area contributed by atoms with E-state index in [1.165, 1.54) is 11.3 Å². The molecule has 9 heteroatoms. The summed E-state index contributed by atoms with van der Waals surface area (Å²) in [6, 6.07) is 0. The van der Waals surface area contributed by atoms with Crippen molar-refractivity contribution < 1.29 is 18.3 Å². The molecule has 0 saturated heterocycles. The van der Waals surface area contributed by atoms with Crippen LogP contribution in [0.5, 0.6) is 0 Å². The van der Waals surface area contributed by atoms with Crippen molar-refractivity contribution in [3.8, 4) is 0 Å². The molecule has 0 aliphatic heterocycles. The van der Waals surface area contributed by atoms with E-state index >= 15 is 0 Å². The molecule has 1 heterocycles. The minimum atomic E-state index is -3.15. The predicted molar refractivity (Wildman–Crippen MR) is 69.8 cm³/mol. The van der Waals surface area contributed by atoms with Crippen LogP contribution in [0.2, 0.25) is 0 Å². The van der Waals surface area contributed by atoms with Crippen LogP contribution in [0.4, 0.5) is 5.13 Å². The Bertz CT molecular complexity index is 524. The van der Waals surface area contributed by atoms with Gasteiger partial charge in [0.2, 0.25) is 10.0 Å². The summed E-state index contributed by atoms with van der Waals surface area (Å²) in [5.41, 5.74) is 0.0526. The molecule has 1 rings (SSSR count). The van der Waals surface area contributed by atoms with Crippen LogP contribution < -0.4 is 10.0 Å². The highest BCUT2D eigenvalue weighted by Gasteiger charge is 2.13. The largest absolute Gasteiger partial charge is 0.476 e. The third-order valence-corrected chi connectivity index (χ3v) is 3.65. The number of anilines is 1. The number of carbonyl (C=O) groups is 1. The normalized spacial score (nSPS) is 11.4. The number of aryl methyl sites for hydroxylation is 1. The van der Waals surface area contributed by atoms with E-state index in [1.54, 1.807) is 6.92 Å². The lowest BCUT2D eigenvalue weighted by atomic mass is 10.4. The zero-order chi connectivity index (χ0) is 13.8. The molecule has 102 valence electrons. The number of aromatic carboxylic acids is 1. The molecule has 0 unspecified atom stereocenters. The van der Waals surface area contributed by atoms with Crippen LogP contribution in [0.25, 0.3) is 0 Å². The first kappa shape index (κ1) is 14.9. The van der Waals surface area contributed by atoms with Gasteiger partial charge in [-0.2, -0.15) is 0 Å². The van der Waals surface area contributed by atoms with Crippen molar-refractivity contribution in [2.75, 3.05) is 24.7 Å². The highest BCUT2D eigenvalue weighted by atomic mass is 32.2. The van der Waals surface area contributed by atoms with Crippen molar-refractivity contribution in [3.05, 3.63) is 10.6 Å². The summed E-state index contributed by atoms with van der Waals surface area (Å²) in [5.74, 6) is -1.05. The summed E-state index contributed by atoms with van der Waals surface area (Å²) in [6.07, 6.45) is 1.69. The molecule has 1 aromatic rings. The minimum absolute atomic E-state index is 0.0526. The van der Waals surface area contributed by atoms with Crippen molar-refractivity contribution >= 4 is 32.5 Å². The van der Waals surface area contributed by atoms with Crippen LogP contribution in [0.15, 0.2) is 0 Å². The van der Waals surface area contributed by atoms with Crippen LogP contribution in [0.3, 0.4) is 0 Å². The predicted octanol–water partition coefficient (Wildman–Crippen LogP) is 0.501. The fourth-order valence-electron chi connectivity index (χ4n) is 1.21. The van der Waals surface area contributed by atoms with E-state index in [0.29, 0.717) is 29.5 Å². The van der Waals surface area contributed by atoms with E-state index in [2.05, 4.69) is 15.0 Å². The number of nitrogens with one attached hydrogen (secondary N) is 2. The Hall–Kier alpha value is -1.19.